The molecule has 0 spiro atoms. The quantitative estimate of drug-likeness (QED) is 0.570. The highest BCUT2D eigenvalue weighted by molar-refractivity contribution is 5.54. The van der Waals surface area contributed by atoms with Crippen LogP contribution in [0.25, 0.3) is 0 Å². The Labute approximate surface area is 119 Å². The average molecular weight is 258 g/mol. The molecule has 1 aliphatic rings. The van der Waals surface area contributed by atoms with Gasteiger partial charge in [-0.3, -0.25) is 0 Å². The normalized spacial score (nSPS) is 23.2. The minimum absolute atomic E-state index is 0.204. The number of fused-ring (bicyclic) bond motifs is 1. The molecule has 19 heavy (non-hydrogen) atoms. The number of hydrogen-bond acceptors (Lipinski definition) is 0. The molecule has 0 heterocycles. The van der Waals surface area contributed by atoms with Gasteiger partial charge in [0.15, 0.2) is 0 Å². The molecular weight excluding hydrogens is 228 g/mol. The molecule has 1 aromatic rings. The SMILES string of the molecule is CC(C)(C)c1cccc2c1C(C)(C)C(C)(C)C2(C)C. The van der Waals surface area contributed by atoms with E-state index in [4.69, 9.17) is 0 Å². The molecule has 1 aliphatic carbocycles. The maximum absolute atomic E-state index is 2.43. The van der Waals surface area contributed by atoms with E-state index in [1.165, 1.54) is 5.56 Å². The van der Waals surface area contributed by atoms with Crippen molar-refractivity contribution >= 4 is 0 Å². The van der Waals surface area contributed by atoms with Gasteiger partial charge in [0, 0.05) is 0 Å². The maximum Gasteiger partial charge on any atom is -0.00383 e. The Morgan fingerprint density at radius 3 is 1.79 bits per heavy atom. The summed E-state index contributed by atoms with van der Waals surface area (Å²) in [6.45, 7) is 21.5. The molecule has 2 rings (SSSR count). The fourth-order valence-electron chi connectivity index (χ4n) is 3.80. The lowest BCUT2D eigenvalue weighted by atomic mass is 9.59. The highest BCUT2D eigenvalue weighted by Crippen LogP contribution is 2.62. The molecule has 0 atom stereocenters. The Bertz CT molecular complexity index is 507. The van der Waals surface area contributed by atoms with Crippen LogP contribution < -0.4 is 0 Å². The van der Waals surface area contributed by atoms with Gasteiger partial charge in [-0.25, -0.2) is 0 Å². The Kier molecular flexibility index (Phi) is 2.81. The third-order valence-electron chi connectivity index (χ3n) is 6.30. The lowest BCUT2D eigenvalue weighted by Gasteiger charge is -2.45. The van der Waals surface area contributed by atoms with E-state index in [0.717, 1.165) is 0 Å². The average Bonchev–Trinajstić information content (AvgIpc) is 2.35. The maximum atomic E-state index is 2.43. The molecule has 0 heteroatoms. The van der Waals surface area contributed by atoms with Gasteiger partial charge >= 0.3 is 0 Å². The van der Waals surface area contributed by atoms with E-state index in [9.17, 15) is 0 Å². The minimum atomic E-state index is 0.204. The van der Waals surface area contributed by atoms with Crippen LogP contribution in [-0.2, 0) is 16.2 Å². The van der Waals surface area contributed by atoms with Crippen LogP contribution in [-0.4, -0.2) is 0 Å². The van der Waals surface area contributed by atoms with E-state index < -0.39 is 0 Å². The first kappa shape index (κ1) is 14.6. The molecule has 0 nitrogen and oxygen atoms in total. The molecule has 0 saturated heterocycles. The summed E-state index contributed by atoms with van der Waals surface area (Å²) in [4.78, 5) is 0. The van der Waals surface area contributed by atoms with Crippen LogP contribution in [0.5, 0.6) is 0 Å². The van der Waals surface area contributed by atoms with Crippen molar-refractivity contribution in [3.63, 3.8) is 0 Å². The molecule has 1 aromatic carbocycles. The Balaban J connectivity index is 2.87. The fourth-order valence-corrected chi connectivity index (χ4v) is 3.80. The molecule has 0 bridgehead atoms. The third-order valence-corrected chi connectivity index (χ3v) is 6.30. The van der Waals surface area contributed by atoms with E-state index in [0.29, 0.717) is 0 Å². The van der Waals surface area contributed by atoms with E-state index in [1.54, 1.807) is 11.1 Å². The molecule has 0 aromatic heterocycles. The second kappa shape index (κ2) is 3.65. The van der Waals surface area contributed by atoms with Crippen LogP contribution in [0.2, 0.25) is 0 Å². The smallest absolute Gasteiger partial charge is 0.00383 e. The predicted octanol–water partition coefficient (Wildman–Crippen LogP) is 5.58. The molecule has 0 fully saturated rings. The van der Waals surface area contributed by atoms with Crippen molar-refractivity contribution in [2.75, 3.05) is 0 Å². The summed E-state index contributed by atoms with van der Waals surface area (Å²) in [6, 6.07) is 6.93. The van der Waals surface area contributed by atoms with Crippen molar-refractivity contribution < 1.29 is 0 Å². The molecule has 0 unspecified atom stereocenters. The van der Waals surface area contributed by atoms with Gasteiger partial charge in [-0.15, -0.1) is 0 Å². The van der Waals surface area contributed by atoms with Gasteiger partial charge in [-0.2, -0.15) is 0 Å². The van der Waals surface area contributed by atoms with E-state index in [-0.39, 0.29) is 21.7 Å². The highest BCUT2D eigenvalue weighted by Gasteiger charge is 2.57. The second-order valence-corrected chi connectivity index (χ2v) is 8.85. The first-order valence-corrected chi connectivity index (χ1v) is 7.49. The van der Waals surface area contributed by atoms with Crippen molar-refractivity contribution in [2.45, 2.75) is 78.6 Å². The van der Waals surface area contributed by atoms with Crippen LogP contribution in [0.4, 0.5) is 0 Å². The summed E-state index contributed by atoms with van der Waals surface area (Å²) in [5, 5.41) is 0. The molecule has 0 N–H and O–H groups in total. The number of benzene rings is 1. The lowest BCUT2D eigenvalue weighted by molar-refractivity contribution is 0.124. The van der Waals surface area contributed by atoms with Gasteiger partial charge < -0.3 is 0 Å². The summed E-state index contributed by atoms with van der Waals surface area (Å²) in [5.74, 6) is 0. The van der Waals surface area contributed by atoms with Gasteiger partial charge in [-0.05, 0) is 38.4 Å². The first-order chi connectivity index (χ1) is 8.35. The topological polar surface area (TPSA) is 0 Å². The second-order valence-electron chi connectivity index (χ2n) is 8.85. The van der Waals surface area contributed by atoms with Crippen LogP contribution >= 0.6 is 0 Å². The van der Waals surface area contributed by atoms with Crippen LogP contribution in [0, 0.1) is 5.41 Å². The summed E-state index contributed by atoms with van der Waals surface area (Å²) >= 11 is 0. The Morgan fingerprint density at radius 1 is 0.789 bits per heavy atom. The van der Waals surface area contributed by atoms with Gasteiger partial charge in [0.1, 0.15) is 0 Å². The fraction of sp³-hybridized carbons (Fsp3) is 0.684. The molecule has 0 radical (unpaired) electrons. The largest absolute Gasteiger partial charge is 0.0617 e. The minimum Gasteiger partial charge on any atom is -0.0617 e. The van der Waals surface area contributed by atoms with Gasteiger partial charge in [0.2, 0.25) is 0 Å². The zero-order valence-corrected chi connectivity index (χ0v) is 14.2. The zero-order valence-electron chi connectivity index (χ0n) is 14.2. The van der Waals surface area contributed by atoms with Crippen LogP contribution in [0.15, 0.2) is 18.2 Å². The van der Waals surface area contributed by atoms with Crippen LogP contribution in [0.1, 0.15) is 79.0 Å². The summed E-state index contributed by atoms with van der Waals surface area (Å²) < 4.78 is 0. The Morgan fingerprint density at radius 2 is 1.32 bits per heavy atom. The molecule has 0 amide bonds. The van der Waals surface area contributed by atoms with Gasteiger partial charge in [0.25, 0.3) is 0 Å². The van der Waals surface area contributed by atoms with Gasteiger partial charge in [0.05, 0.1) is 0 Å². The summed E-state index contributed by atoms with van der Waals surface area (Å²) in [7, 11) is 0. The van der Waals surface area contributed by atoms with Crippen molar-refractivity contribution in [3.8, 4) is 0 Å². The molecular formula is C19H30. The summed E-state index contributed by atoms with van der Waals surface area (Å²) in [5.41, 5.74) is 5.55. The van der Waals surface area contributed by atoms with E-state index >= 15 is 0 Å². The molecule has 0 aliphatic heterocycles. The zero-order chi connectivity index (χ0) is 14.9. The van der Waals surface area contributed by atoms with Crippen molar-refractivity contribution in [3.05, 3.63) is 34.9 Å². The Hall–Kier alpha value is -0.780. The summed E-state index contributed by atoms with van der Waals surface area (Å²) in [6.07, 6.45) is 0. The molecule has 0 saturated carbocycles. The number of hydrogen-bond donors (Lipinski definition) is 0. The van der Waals surface area contributed by atoms with E-state index in [2.05, 4.69) is 80.5 Å². The van der Waals surface area contributed by atoms with E-state index in [1.807, 2.05) is 0 Å². The first-order valence-electron chi connectivity index (χ1n) is 7.49. The monoisotopic (exact) mass is 258 g/mol. The predicted molar refractivity (Wildman–Crippen MR) is 85.0 cm³/mol. The number of rotatable bonds is 0. The van der Waals surface area contributed by atoms with Crippen LogP contribution in [0.3, 0.4) is 0 Å². The van der Waals surface area contributed by atoms with Crippen molar-refractivity contribution in [1.82, 2.24) is 0 Å². The van der Waals surface area contributed by atoms with Gasteiger partial charge in [-0.1, -0.05) is 80.5 Å². The van der Waals surface area contributed by atoms with Crippen molar-refractivity contribution in [2.24, 2.45) is 5.41 Å². The standard InChI is InChI=1S/C19H30/c1-16(2,3)13-11-10-12-14-15(13)18(6,7)19(8,9)17(14,4)5/h10-12H,1-9H3. The van der Waals surface area contributed by atoms with Crippen molar-refractivity contribution in [1.29, 1.82) is 0 Å². The highest BCUT2D eigenvalue weighted by atomic mass is 14.6. The molecule has 106 valence electrons. The lowest BCUT2D eigenvalue weighted by Crippen LogP contribution is -2.42. The third kappa shape index (κ3) is 1.65.